The summed E-state index contributed by atoms with van der Waals surface area (Å²) in [6, 6.07) is 2.69. The minimum atomic E-state index is 0.398. The van der Waals surface area contributed by atoms with Gasteiger partial charge in [0, 0.05) is 51.9 Å². The third kappa shape index (κ3) is 3.93. The molecule has 2 fully saturated rings. The van der Waals surface area contributed by atoms with Gasteiger partial charge in [-0.1, -0.05) is 0 Å². The van der Waals surface area contributed by atoms with Crippen molar-refractivity contribution < 1.29 is 4.74 Å². The molecule has 0 saturated carbocycles. The van der Waals surface area contributed by atoms with E-state index in [0.29, 0.717) is 12.5 Å². The molecule has 0 aromatic rings. The Labute approximate surface area is 103 Å². The van der Waals surface area contributed by atoms with Gasteiger partial charge in [-0.2, -0.15) is 5.26 Å². The Bertz CT molecular complexity index is 260. The average Bonchev–Trinajstić information content (AvgIpc) is 2.39. The van der Waals surface area contributed by atoms with Crippen LogP contribution in [0.1, 0.15) is 6.42 Å². The van der Waals surface area contributed by atoms with Crippen LogP contribution in [0.15, 0.2) is 0 Å². The van der Waals surface area contributed by atoms with E-state index >= 15 is 0 Å². The molecule has 1 atom stereocenters. The molecule has 0 aromatic carbocycles. The summed E-state index contributed by atoms with van der Waals surface area (Å²) in [5.41, 5.74) is 0. The quantitative estimate of drug-likeness (QED) is 0.716. The van der Waals surface area contributed by atoms with Crippen LogP contribution in [-0.4, -0.2) is 74.9 Å². The molecule has 17 heavy (non-hydrogen) atoms. The van der Waals surface area contributed by atoms with Gasteiger partial charge in [0.05, 0.1) is 25.7 Å². The Morgan fingerprint density at radius 3 is 2.82 bits per heavy atom. The highest BCUT2D eigenvalue weighted by Crippen LogP contribution is 2.07. The van der Waals surface area contributed by atoms with Gasteiger partial charge in [0.25, 0.3) is 0 Å². The van der Waals surface area contributed by atoms with Crippen molar-refractivity contribution in [3.63, 3.8) is 0 Å². The lowest BCUT2D eigenvalue weighted by Crippen LogP contribution is -2.53. The summed E-state index contributed by atoms with van der Waals surface area (Å²) in [6.45, 7) is 9.08. The first-order valence-electron chi connectivity index (χ1n) is 6.52. The summed E-state index contributed by atoms with van der Waals surface area (Å²) in [5.74, 6) is 0. The number of nitrogens with zero attached hydrogens (tertiary/aromatic N) is 3. The van der Waals surface area contributed by atoms with Crippen molar-refractivity contribution in [2.45, 2.75) is 12.5 Å². The van der Waals surface area contributed by atoms with E-state index in [0.717, 1.165) is 59.0 Å². The number of morpholine rings is 1. The normalized spacial score (nSPS) is 27.8. The van der Waals surface area contributed by atoms with Gasteiger partial charge in [-0.3, -0.25) is 9.80 Å². The lowest BCUT2D eigenvalue weighted by atomic mass is 10.1. The minimum Gasteiger partial charge on any atom is -0.379 e. The molecule has 0 spiro atoms. The van der Waals surface area contributed by atoms with E-state index in [1.165, 1.54) is 0 Å². The standard InChI is InChI=1S/C12H22N4O/c13-2-1-12-11-14-3-4-16(12)6-5-15-7-9-17-10-8-15/h12,14H,1,3-11H2. The van der Waals surface area contributed by atoms with Crippen molar-refractivity contribution in [2.24, 2.45) is 0 Å². The molecule has 2 rings (SSSR count). The number of nitrogens with one attached hydrogen (secondary N) is 1. The third-order valence-electron chi connectivity index (χ3n) is 3.61. The Morgan fingerprint density at radius 1 is 1.24 bits per heavy atom. The lowest BCUT2D eigenvalue weighted by Gasteiger charge is -2.37. The highest BCUT2D eigenvalue weighted by atomic mass is 16.5. The molecular formula is C12H22N4O. The highest BCUT2D eigenvalue weighted by Gasteiger charge is 2.22. The number of piperazine rings is 1. The maximum absolute atomic E-state index is 8.82. The first kappa shape index (κ1) is 12.8. The number of hydrogen-bond acceptors (Lipinski definition) is 5. The first-order valence-corrected chi connectivity index (χ1v) is 6.52. The largest absolute Gasteiger partial charge is 0.379 e. The van der Waals surface area contributed by atoms with Crippen molar-refractivity contribution in [3.05, 3.63) is 0 Å². The van der Waals surface area contributed by atoms with E-state index < -0.39 is 0 Å². The summed E-state index contributed by atoms with van der Waals surface area (Å²) in [6.07, 6.45) is 0.635. The van der Waals surface area contributed by atoms with Crippen LogP contribution in [0, 0.1) is 11.3 Å². The predicted molar refractivity (Wildman–Crippen MR) is 65.7 cm³/mol. The van der Waals surface area contributed by atoms with Crippen LogP contribution in [0.3, 0.4) is 0 Å². The second kappa shape index (κ2) is 6.92. The van der Waals surface area contributed by atoms with Crippen molar-refractivity contribution in [1.82, 2.24) is 15.1 Å². The van der Waals surface area contributed by atoms with Gasteiger partial charge < -0.3 is 10.1 Å². The van der Waals surface area contributed by atoms with Gasteiger partial charge in [-0.15, -0.1) is 0 Å². The second-order valence-corrected chi connectivity index (χ2v) is 4.71. The molecule has 0 aromatic heterocycles. The zero-order chi connectivity index (χ0) is 11.9. The van der Waals surface area contributed by atoms with E-state index in [9.17, 15) is 0 Å². The molecule has 2 saturated heterocycles. The fourth-order valence-corrected chi connectivity index (χ4v) is 2.50. The molecule has 2 aliphatic heterocycles. The maximum atomic E-state index is 8.82. The molecular weight excluding hydrogens is 216 g/mol. The van der Waals surface area contributed by atoms with Crippen molar-refractivity contribution in [3.8, 4) is 6.07 Å². The molecule has 0 radical (unpaired) electrons. The van der Waals surface area contributed by atoms with Crippen LogP contribution in [0.4, 0.5) is 0 Å². The molecule has 96 valence electrons. The van der Waals surface area contributed by atoms with E-state index in [-0.39, 0.29) is 0 Å². The van der Waals surface area contributed by atoms with Gasteiger partial charge >= 0.3 is 0 Å². The van der Waals surface area contributed by atoms with Crippen LogP contribution >= 0.6 is 0 Å². The lowest BCUT2D eigenvalue weighted by molar-refractivity contribution is 0.0294. The van der Waals surface area contributed by atoms with Gasteiger partial charge in [-0.05, 0) is 0 Å². The topological polar surface area (TPSA) is 51.5 Å². The zero-order valence-electron chi connectivity index (χ0n) is 10.4. The fraction of sp³-hybridized carbons (Fsp3) is 0.917. The van der Waals surface area contributed by atoms with E-state index in [4.69, 9.17) is 10.00 Å². The third-order valence-corrected chi connectivity index (χ3v) is 3.61. The zero-order valence-corrected chi connectivity index (χ0v) is 10.4. The Kier molecular flexibility index (Phi) is 5.20. The van der Waals surface area contributed by atoms with Crippen LogP contribution in [-0.2, 0) is 4.74 Å². The number of ether oxygens (including phenoxy) is 1. The van der Waals surface area contributed by atoms with Crippen LogP contribution in [0.2, 0.25) is 0 Å². The van der Waals surface area contributed by atoms with Gasteiger partial charge in [-0.25, -0.2) is 0 Å². The molecule has 5 heteroatoms. The van der Waals surface area contributed by atoms with Crippen molar-refractivity contribution in [2.75, 3.05) is 59.0 Å². The fourth-order valence-electron chi connectivity index (χ4n) is 2.50. The summed E-state index contributed by atoms with van der Waals surface area (Å²) in [4.78, 5) is 4.91. The number of nitriles is 1. The maximum Gasteiger partial charge on any atom is 0.0638 e. The van der Waals surface area contributed by atoms with E-state index in [1.54, 1.807) is 0 Å². The average molecular weight is 238 g/mol. The van der Waals surface area contributed by atoms with Gasteiger partial charge in [0.15, 0.2) is 0 Å². The van der Waals surface area contributed by atoms with Gasteiger partial charge in [0.1, 0.15) is 0 Å². The van der Waals surface area contributed by atoms with Gasteiger partial charge in [0.2, 0.25) is 0 Å². The highest BCUT2D eigenvalue weighted by molar-refractivity contribution is 4.87. The first-order chi connectivity index (χ1) is 8.40. The molecule has 2 heterocycles. The molecule has 1 N–H and O–H groups in total. The van der Waals surface area contributed by atoms with Crippen molar-refractivity contribution in [1.29, 1.82) is 5.26 Å². The monoisotopic (exact) mass is 238 g/mol. The number of rotatable bonds is 4. The summed E-state index contributed by atoms with van der Waals surface area (Å²) >= 11 is 0. The molecule has 5 nitrogen and oxygen atoms in total. The number of hydrogen-bond donors (Lipinski definition) is 1. The Balaban J connectivity index is 1.73. The van der Waals surface area contributed by atoms with E-state index in [1.807, 2.05) is 0 Å². The second-order valence-electron chi connectivity index (χ2n) is 4.71. The Hall–Kier alpha value is -0.670. The Morgan fingerprint density at radius 2 is 2.06 bits per heavy atom. The van der Waals surface area contributed by atoms with Crippen LogP contribution in [0.25, 0.3) is 0 Å². The molecule has 0 amide bonds. The van der Waals surface area contributed by atoms with Crippen molar-refractivity contribution >= 4 is 0 Å². The summed E-state index contributed by atoms with van der Waals surface area (Å²) in [5, 5.41) is 12.2. The molecule has 0 aliphatic carbocycles. The van der Waals surface area contributed by atoms with Crippen LogP contribution in [0.5, 0.6) is 0 Å². The van der Waals surface area contributed by atoms with E-state index in [2.05, 4.69) is 21.2 Å². The smallest absolute Gasteiger partial charge is 0.0638 e. The minimum absolute atomic E-state index is 0.398. The molecule has 1 unspecified atom stereocenters. The predicted octanol–water partition coefficient (Wildman–Crippen LogP) is -0.494. The molecule has 2 aliphatic rings. The SMILES string of the molecule is N#CCC1CNCCN1CCN1CCOCC1. The molecule has 0 bridgehead atoms. The van der Waals surface area contributed by atoms with Crippen LogP contribution < -0.4 is 5.32 Å². The summed E-state index contributed by atoms with van der Waals surface area (Å²) < 4.78 is 5.34. The summed E-state index contributed by atoms with van der Waals surface area (Å²) in [7, 11) is 0.